The van der Waals surface area contributed by atoms with E-state index in [-0.39, 0.29) is 18.2 Å². The zero-order valence-electron chi connectivity index (χ0n) is 18.0. The summed E-state index contributed by atoms with van der Waals surface area (Å²) in [5.41, 5.74) is 1.43. The molecule has 0 atom stereocenters. The SMILES string of the molecule is COc1ccc(-c2cc(NC(=O)CNC(=O)CC3CCCCC3)ccc2OC(F)F)cc1. The van der Waals surface area contributed by atoms with Crippen molar-refractivity contribution in [2.75, 3.05) is 19.0 Å². The molecule has 172 valence electrons. The van der Waals surface area contributed by atoms with Crippen LogP contribution in [0.1, 0.15) is 38.5 Å². The number of alkyl halides is 2. The van der Waals surface area contributed by atoms with Gasteiger partial charge < -0.3 is 20.1 Å². The van der Waals surface area contributed by atoms with Crippen molar-refractivity contribution < 1.29 is 27.8 Å². The van der Waals surface area contributed by atoms with Crippen LogP contribution in [0.4, 0.5) is 14.5 Å². The smallest absolute Gasteiger partial charge is 0.387 e. The molecule has 1 saturated carbocycles. The van der Waals surface area contributed by atoms with E-state index in [0.717, 1.165) is 25.7 Å². The van der Waals surface area contributed by atoms with Crippen LogP contribution in [0.15, 0.2) is 42.5 Å². The Morgan fingerprint density at radius 3 is 2.41 bits per heavy atom. The highest BCUT2D eigenvalue weighted by Crippen LogP contribution is 2.34. The molecule has 0 unspecified atom stereocenters. The summed E-state index contributed by atoms with van der Waals surface area (Å²) >= 11 is 0. The van der Waals surface area contributed by atoms with Crippen LogP contribution in [-0.2, 0) is 9.59 Å². The number of carbonyl (C=O) groups excluding carboxylic acids is 2. The maximum absolute atomic E-state index is 12.8. The van der Waals surface area contributed by atoms with Crippen molar-refractivity contribution in [3.63, 3.8) is 0 Å². The van der Waals surface area contributed by atoms with Crippen LogP contribution in [0.25, 0.3) is 11.1 Å². The fourth-order valence-corrected chi connectivity index (χ4v) is 3.91. The molecule has 0 saturated heterocycles. The van der Waals surface area contributed by atoms with Crippen LogP contribution in [0.5, 0.6) is 11.5 Å². The first-order valence-electron chi connectivity index (χ1n) is 10.7. The van der Waals surface area contributed by atoms with Gasteiger partial charge in [-0.2, -0.15) is 8.78 Å². The largest absolute Gasteiger partial charge is 0.497 e. The molecule has 0 heterocycles. The fraction of sp³-hybridized carbons (Fsp3) is 0.417. The van der Waals surface area contributed by atoms with Gasteiger partial charge in [-0.3, -0.25) is 9.59 Å². The van der Waals surface area contributed by atoms with Crippen LogP contribution in [0.3, 0.4) is 0 Å². The lowest BCUT2D eigenvalue weighted by Crippen LogP contribution is -2.34. The number of methoxy groups -OCH3 is 1. The molecule has 0 aromatic heterocycles. The fourth-order valence-electron chi connectivity index (χ4n) is 3.91. The molecule has 0 radical (unpaired) electrons. The summed E-state index contributed by atoms with van der Waals surface area (Å²) in [5.74, 6) is 0.473. The minimum Gasteiger partial charge on any atom is -0.497 e. The predicted molar refractivity (Wildman–Crippen MR) is 118 cm³/mol. The van der Waals surface area contributed by atoms with Gasteiger partial charge in [-0.05, 0) is 54.7 Å². The number of anilines is 1. The zero-order chi connectivity index (χ0) is 22.9. The van der Waals surface area contributed by atoms with E-state index in [9.17, 15) is 18.4 Å². The number of benzene rings is 2. The highest BCUT2D eigenvalue weighted by molar-refractivity contribution is 5.95. The summed E-state index contributed by atoms with van der Waals surface area (Å²) in [6.07, 6.45) is 6.08. The first kappa shape index (κ1) is 23.5. The van der Waals surface area contributed by atoms with Crippen molar-refractivity contribution in [3.05, 3.63) is 42.5 Å². The predicted octanol–water partition coefficient (Wildman–Crippen LogP) is 4.99. The Morgan fingerprint density at radius 2 is 1.75 bits per heavy atom. The highest BCUT2D eigenvalue weighted by Gasteiger charge is 2.18. The molecule has 0 aliphatic heterocycles. The lowest BCUT2D eigenvalue weighted by atomic mass is 9.87. The number of ether oxygens (including phenoxy) is 2. The van der Waals surface area contributed by atoms with E-state index in [1.807, 2.05) is 0 Å². The van der Waals surface area contributed by atoms with E-state index in [4.69, 9.17) is 4.74 Å². The molecule has 6 nitrogen and oxygen atoms in total. The van der Waals surface area contributed by atoms with Crippen LogP contribution in [0, 0.1) is 5.92 Å². The Kier molecular flexibility index (Phi) is 8.41. The lowest BCUT2D eigenvalue weighted by Gasteiger charge is -2.20. The van der Waals surface area contributed by atoms with E-state index in [1.165, 1.54) is 25.7 Å². The van der Waals surface area contributed by atoms with Gasteiger partial charge in [0, 0.05) is 17.7 Å². The van der Waals surface area contributed by atoms with E-state index < -0.39 is 12.5 Å². The summed E-state index contributed by atoms with van der Waals surface area (Å²) in [7, 11) is 1.53. The molecule has 2 amide bonds. The number of nitrogens with one attached hydrogen (secondary N) is 2. The van der Waals surface area contributed by atoms with Crippen molar-refractivity contribution in [2.24, 2.45) is 5.92 Å². The van der Waals surface area contributed by atoms with Crippen molar-refractivity contribution >= 4 is 17.5 Å². The molecular formula is C24H28F2N2O4. The Hall–Kier alpha value is -3.16. The Balaban J connectivity index is 1.63. The number of hydrogen-bond donors (Lipinski definition) is 2. The molecule has 3 rings (SSSR count). The molecule has 1 fully saturated rings. The minimum atomic E-state index is -2.98. The van der Waals surface area contributed by atoms with E-state index in [1.54, 1.807) is 30.3 Å². The summed E-state index contributed by atoms with van der Waals surface area (Å²) in [6, 6.07) is 11.2. The van der Waals surface area contributed by atoms with E-state index in [2.05, 4.69) is 15.4 Å². The van der Waals surface area contributed by atoms with Gasteiger partial charge in [0.05, 0.1) is 13.7 Å². The van der Waals surface area contributed by atoms with Crippen molar-refractivity contribution in [1.29, 1.82) is 0 Å². The summed E-state index contributed by atoms with van der Waals surface area (Å²) in [6.45, 7) is -3.13. The third-order valence-electron chi connectivity index (χ3n) is 5.53. The summed E-state index contributed by atoms with van der Waals surface area (Å²) < 4.78 is 35.4. The van der Waals surface area contributed by atoms with Crippen LogP contribution >= 0.6 is 0 Å². The molecule has 2 N–H and O–H groups in total. The van der Waals surface area contributed by atoms with Gasteiger partial charge in [0.1, 0.15) is 11.5 Å². The van der Waals surface area contributed by atoms with Crippen molar-refractivity contribution in [3.8, 4) is 22.6 Å². The minimum absolute atomic E-state index is 0.0102. The van der Waals surface area contributed by atoms with Gasteiger partial charge >= 0.3 is 6.61 Å². The molecule has 0 spiro atoms. The number of halogens is 2. The van der Waals surface area contributed by atoms with Gasteiger partial charge in [-0.15, -0.1) is 0 Å². The van der Waals surface area contributed by atoms with Gasteiger partial charge in [-0.25, -0.2) is 0 Å². The molecule has 0 bridgehead atoms. The Morgan fingerprint density at radius 1 is 1.03 bits per heavy atom. The van der Waals surface area contributed by atoms with Crippen LogP contribution < -0.4 is 20.1 Å². The summed E-state index contributed by atoms with van der Waals surface area (Å²) in [5, 5.41) is 5.35. The normalized spacial score (nSPS) is 14.1. The maximum Gasteiger partial charge on any atom is 0.387 e. The third-order valence-corrected chi connectivity index (χ3v) is 5.53. The lowest BCUT2D eigenvalue weighted by molar-refractivity contribution is -0.125. The van der Waals surface area contributed by atoms with E-state index >= 15 is 0 Å². The molecule has 2 aromatic rings. The molecule has 8 heteroatoms. The van der Waals surface area contributed by atoms with Gasteiger partial charge in [0.2, 0.25) is 11.8 Å². The quantitative estimate of drug-likeness (QED) is 0.569. The second-order valence-corrected chi connectivity index (χ2v) is 7.85. The topological polar surface area (TPSA) is 76.7 Å². The first-order chi connectivity index (χ1) is 15.4. The van der Waals surface area contributed by atoms with Gasteiger partial charge in [0.25, 0.3) is 0 Å². The average Bonchev–Trinajstić information content (AvgIpc) is 2.79. The molecule has 1 aliphatic carbocycles. The number of carbonyl (C=O) groups is 2. The highest BCUT2D eigenvalue weighted by atomic mass is 19.3. The van der Waals surface area contributed by atoms with Crippen LogP contribution in [-0.4, -0.2) is 32.1 Å². The average molecular weight is 446 g/mol. The number of rotatable bonds is 9. The van der Waals surface area contributed by atoms with Gasteiger partial charge in [-0.1, -0.05) is 31.4 Å². The second kappa shape index (κ2) is 11.5. The van der Waals surface area contributed by atoms with Crippen LogP contribution in [0.2, 0.25) is 0 Å². The van der Waals surface area contributed by atoms with Gasteiger partial charge in [0.15, 0.2) is 0 Å². The van der Waals surface area contributed by atoms with Crippen molar-refractivity contribution in [1.82, 2.24) is 5.32 Å². The van der Waals surface area contributed by atoms with E-state index in [0.29, 0.717) is 34.9 Å². The Labute approximate surface area is 186 Å². The first-order valence-corrected chi connectivity index (χ1v) is 10.7. The molecule has 2 aromatic carbocycles. The second-order valence-electron chi connectivity index (χ2n) is 7.85. The third kappa shape index (κ3) is 6.93. The molecular weight excluding hydrogens is 418 g/mol. The number of amides is 2. The van der Waals surface area contributed by atoms with Crippen molar-refractivity contribution in [2.45, 2.75) is 45.1 Å². The zero-order valence-corrected chi connectivity index (χ0v) is 18.0. The standard InChI is InChI=1S/C24H28F2N2O4/c1-31-19-10-7-17(8-11-19)20-14-18(9-12-21(20)32-24(25)26)28-23(30)15-27-22(29)13-16-5-3-2-4-6-16/h7-12,14,16,24H,2-6,13,15H2,1H3,(H,27,29)(H,28,30). The summed E-state index contributed by atoms with van der Waals surface area (Å²) in [4.78, 5) is 24.4. The number of hydrogen-bond acceptors (Lipinski definition) is 4. The molecule has 1 aliphatic rings. The maximum atomic E-state index is 12.8. The molecule has 32 heavy (non-hydrogen) atoms. The monoisotopic (exact) mass is 446 g/mol. The Bertz CT molecular complexity index is 913.